The van der Waals surface area contributed by atoms with Gasteiger partial charge in [0.1, 0.15) is 12.0 Å². The van der Waals surface area contributed by atoms with Gasteiger partial charge in [0.15, 0.2) is 0 Å². The van der Waals surface area contributed by atoms with Gasteiger partial charge in [-0.25, -0.2) is 0 Å². The highest BCUT2D eigenvalue weighted by molar-refractivity contribution is 7.86. The monoisotopic (exact) mass is 192 g/mol. The number of rotatable bonds is 6. The Morgan fingerprint density at radius 3 is 2.58 bits per heavy atom. The van der Waals surface area contributed by atoms with E-state index in [0.717, 1.165) is 0 Å². The summed E-state index contributed by atoms with van der Waals surface area (Å²) < 4.78 is 26.3. The molecular formula is C7H12O4S. The Bertz CT molecular complexity index is 253. The molecule has 0 aromatic heterocycles. The third kappa shape index (κ3) is 5.03. The first-order chi connectivity index (χ1) is 5.52. The van der Waals surface area contributed by atoms with Gasteiger partial charge in [0.05, 0.1) is 6.61 Å². The molecule has 4 nitrogen and oxygen atoms in total. The summed E-state index contributed by atoms with van der Waals surface area (Å²) in [4.78, 5) is 10.0. The molecule has 0 aromatic rings. The van der Waals surface area contributed by atoms with E-state index in [9.17, 15) is 13.2 Å². The molecule has 0 saturated carbocycles. The Hall–Kier alpha value is -0.680. The minimum Gasteiger partial charge on any atom is -0.298 e. The molecule has 0 aliphatic carbocycles. The van der Waals surface area contributed by atoms with Gasteiger partial charge in [0.25, 0.3) is 10.1 Å². The van der Waals surface area contributed by atoms with Crippen LogP contribution in [0.1, 0.15) is 13.3 Å². The van der Waals surface area contributed by atoms with Crippen molar-refractivity contribution in [2.24, 2.45) is 0 Å². The molecule has 0 aliphatic rings. The highest BCUT2D eigenvalue weighted by Gasteiger charge is 2.11. The number of hydrogen-bond acceptors (Lipinski definition) is 4. The van der Waals surface area contributed by atoms with Crippen LogP contribution >= 0.6 is 0 Å². The van der Waals surface area contributed by atoms with E-state index in [-0.39, 0.29) is 12.2 Å². The second kappa shape index (κ2) is 5.05. The smallest absolute Gasteiger partial charge is 0.271 e. The summed E-state index contributed by atoms with van der Waals surface area (Å²) in [5, 5.41) is 0. The molecule has 0 amide bonds. The Morgan fingerprint density at radius 1 is 1.58 bits per heavy atom. The maximum atomic E-state index is 10.9. The van der Waals surface area contributed by atoms with Crippen molar-refractivity contribution < 1.29 is 17.4 Å². The predicted molar refractivity (Wildman–Crippen MR) is 45.2 cm³/mol. The van der Waals surface area contributed by atoms with Gasteiger partial charge in [-0.2, -0.15) is 8.42 Å². The molecular weight excluding hydrogens is 180 g/mol. The second-order valence-corrected chi connectivity index (χ2v) is 3.94. The summed E-state index contributed by atoms with van der Waals surface area (Å²) in [5.41, 5.74) is 0.00565. The van der Waals surface area contributed by atoms with Gasteiger partial charge in [0, 0.05) is 5.57 Å². The molecule has 0 spiro atoms. The molecule has 0 unspecified atom stereocenters. The maximum Gasteiger partial charge on any atom is 0.271 e. The van der Waals surface area contributed by atoms with E-state index >= 15 is 0 Å². The molecule has 0 N–H and O–H groups in total. The molecule has 0 fully saturated rings. The third-order valence-electron chi connectivity index (χ3n) is 0.996. The Kier molecular flexibility index (Phi) is 4.77. The molecule has 12 heavy (non-hydrogen) atoms. The summed E-state index contributed by atoms with van der Waals surface area (Å²) in [6, 6.07) is 0. The van der Waals surface area contributed by atoms with Crippen LogP contribution in [0.25, 0.3) is 0 Å². The highest BCUT2D eigenvalue weighted by atomic mass is 32.2. The van der Waals surface area contributed by atoms with Crippen LogP contribution in [0.3, 0.4) is 0 Å². The topological polar surface area (TPSA) is 60.4 Å². The van der Waals surface area contributed by atoms with E-state index < -0.39 is 15.9 Å². The van der Waals surface area contributed by atoms with Crippen LogP contribution in [0.2, 0.25) is 0 Å². The normalized spacial score (nSPS) is 11.1. The Labute approximate surface area is 72.3 Å². The van der Waals surface area contributed by atoms with Crippen LogP contribution in [0.15, 0.2) is 12.2 Å². The average Bonchev–Trinajstić information content (AvgIpc) is 2.00. The molecule has 0 bridgehead atoms. The molecule has 0 rings (SSSR count). The van der Waals surface area contributed by atoms with Crippen molar-refractivity contribution >= 4 is 16.4 Å². The molecule has 0 radical (unpaired) electrons. The van der Waals surface area contributed by atoms with Gasteiger partial charge in [-0.1, -0.05) is 13.5 Å². The van der Waals surface area contributed by atoms with Crippen LogP contribution in [-0.4, -0.2) is 27.1 Å². The van der Waals surface area contributed by atoms with Gasteiger partial charge in [-0.3, -0.25) is 8.98 Å². The number of carbonyl (C=O) groups excluding carboxylic acids is 1. The Morgan fingerprint density at radius 2 is 2.17 bits per heavy atom. The van der Waals surface area contributed by atoms with Crippen molar-refractivity contribution in [1.82, 2.24) is 0 Å². The molecule has 5 heteroatoms. The van der Waals surface area contributed by atoms with Gasteiger partial charge in [-0.05, 0) is 6.42 Å². The SMILES string of the molecule is C=C(C=O)CS(=O)(=O)OCCC. The highest BCUT2D eigenvalue weighted by Crippen LogP contribution is 1.99. The molecule has 0 saturated heterocycles. The fraction of sp³-hybridized carbons (Fsp3) is 0.571. The van der Waals surface area contributed by atoms with Crippen molar-refractivity contribution in [2.45, 2.75) is 13.3 Å². The largest absolute Gasteiger partial charge is 0.298 e. The van der Waals surface area contributed by atoms with E-state index in [1.165, 1.54) is 0 Å². The molecule has 0 atom stereocenters. The summed E-state index contributed by atoms with van der Waals surface area (Å²) in [6.45, 7) is 5.18. The summed E-state index contributed by atoms with van der Waals surface area (Å²) >= 11 is 0. The lowest BCUT2D eigenvalue weighted by atomic mass is 10.4. The average molecular weight is 192 g/mol. The van der Waals surface area contributed by atoms with Crippen LogP contribution in [-0.2, 0) is 19.1 Å². The van der Waals surface area contributed by atoms with Crippen LogP contribution in [0, 0.1) is 0 Å². The zero-order valence-corrected chi connectivity index (χ0v) is 7.76. The minimum absolute atomic E-state index is 0.00565. The number of carbonyl (C=O) groups is 1. The quantitative estimate of drug-likeness (QED) is 0.349. The van der Waals surface area contributed by atoms with Gasteiger partial charge < -0.3 is 0 Å². The van der Waals surface area contributed by atoms with Gasteiger partial charge in [-0.15, -0.1) is 0 Å². The van der Waals surface area contributed by atoms with Crippen molar-refractivity contribution in [3.05, 3.63) is 12.2 Å². The van der Waals surface area contributed by atoms with Crippen molar-refractivity contribution in [2.75, 3.05) is 12.4 Å². The fourth-order valence-electron chi connectivity index (χ4n) is 0.513. The summed E-state index contributed by atoms with van der Waals surface area (Å²) in [6.07, 6.45) is 1.03. The van der Waals surface area contributed by atoms with Crippen LogP contribution < -0.4 is 0 Å². The minimum atomic E-state index is -3.59. The van der Waals surface area contributed by atoms with Crippen molar-refractivity contribution in [3.63, 3.8) is 0 Å². The molecule has 70 valence electrons. The van der Waals surface area contributed by atoms with E-state index in [2.05, 4.69) is 10.8 Å². The molecule has 0 aromatic carbocycles. The van der Waals surface area contributed by atoms with E-state index in [1.54, 1.807) is 6.92 Å². The van der Waals surface area contributed by atoms with Crippen LogP contribution in [0.5, 0.6) is 0 Å². The number of hydrogen-bond donors (Lipinski definition) is 0. The lowest BCUT2D eigenvalue weighted by molar-refractivity contribution is -0.104. The van der Waals surface area contributed by atoms with Gasteiger partial charge >= 0.3 is 0 Å². The third-order valence-corrected chi connectivity index (χ3v) is 2.25. The second-order valence-electron chi connectivity index (χ2n) is 2.30. The Balaban J connectivity index is 4.05. The first-order valence-electron chi connectivity index (χ1n) is 3.52. The summed E-state index contributed by atoms with van der Waals surface area (Å²) in [5.74, 6) is -0.420. The van der Waals surface area contributed by atoms with E-state index in [1.807, 2.05) is 0 Å². The lowest BCUT2D eigenvalue weighted by Gasteiger charge is -2.01. The van der Waals surface area contributed by atoms with E-state index in [4.69, 9.17) is 0 Å². The zero-order chi connectivity index (χ0) is 9.61. The standard InChI is InChI=1S/C7H12O4S/c1-3-4-11-12(9,10)6-7(2)5-8/h5H,2-4,6H2,1H3. The first-order valence-corrected chi connectivity index (χ1v) is 5.09. The predicted octanol–water partition coefficient (Wildman–Crippen LogP) is 0.498. The zero-order valence-electron chi connectivity index (χ0n) is 6.95. The number of aldehydes is 1. The van der Waals surface area contributed by atoms with E-state index in [0.29, 0.717) is 12.7 Å². The fourth-order valence-corrected chi connectivity index (χ4v) is 1.54. The first kappa shape index (κ1) is 11.3. The maximum absolute atomic E-state index is 10.9. The van der Waals surface area contributed by atoms with Crippen molar-refractivity contribution in [1.29, 1.82) is 0 Å². The van der Waals surface area contributed by atoms with Crippen LogP contribution in [0.4, 0.5) is 0 Å². The molecule has 0 heterocycles. The molecule has 0 aliphatic heterocycles. The van der Waals surface area contributed by atoms with Crippen molar-refractivity contribution in [3.8, 4) is 0 Å². The van der Waals surface area contributed by atoms with Gasteiger partial charge in [0.2, 0.25) is 0 Å². The lowest BCUT2D eigenvalue weighted by Crippen LogP contribution is -2.13. The summed E-state index contributed by atoms with van der Waals surface area (Å²) in [7, 11) is -3.59.